The van der Waals surface area contributed by atoms with Crippen molar-refractivity contribution in [1.82, 2.24) is 24.6 Å². The molecule has 0 fully saturated rings. The highest BCUT2D eigenvalue weighted by atomic mass is 16.5. The average molecular weight is 411 g/mol. The smallest absolute Gasteiger partial charge is 0.341 e. The monoisotopic (exact) mass is 411 g/mol. The summed E-state index contributed by atoms with van der Waals surface area (Å²) in [6.07, 6.45) is 3.87. The van der Waals surface area contributed by atoms with E-state index in [0.717, 1.165) is 13.0 Å². The largest absolute Gasteiger partial charge is 0.462 e. The van der Waals surface area contributed by atoms with E-state index in [4.69, 9.17) is 10.5 Å². The summed E-state index contributed by atoms with van der Waals surface area (Å²) in [5, 5.41) is 7.81. The maximum Gasteiger partial charge on any atom is 0.341 e. The van der Waals surface area contributed by atoms with E-state index in [1.165, 1.54) is 6.20 Å². The topological polar surface area (TPSA) is 128 Å². The summed E-state index contributed by atoms with van der Waals surface area (Å²) in [7, 11) is 3.98. The molecular weight excluding hydrogens is 386 g/mol. The molecule has 0 spiro atoms. The molecule has 0 bridgehead atoms. The third kappa shape index (κ3) is 4.71. The fourth-order valence-corrected chi connectivity index (χ4v) is 2.94. The predicted octanol–water partition coefficient (Wildman–Crippen LogP) is 1.79. The highest BCUT2D eigenvalue weighted by Crippen LogP contribution is 2.26. The van der Waals surface area contributed by atoms with E-state index in [1.54, 1.807) is 36.0 Å². The van der Waals surface area contributed by atoms with Gasteiger partial charge in [0.1, 0.15) is 11.4 Å². The van der Waals surface area contributed by atoms with E-state index in [9.17, 15) is 9.59 Å². The van der Waals surface area contributed by atoms with Crippen LogP contribution in [-0.4, -0.2) is 63.8 Å². The number of aryl methyl sites for hydroxylation is 1. The molecule has 158 valence electrons. The van der Waals surface area contributed by atoms with Gasteiger partial charge in [0.2, 0.25) is 0 Å². The summed E-state index contributed by atoms with van der Waals surface area (Å²) in [4.78, 5) is 35.3. The van der Waals surface area contributed by atoms with Crippen LogP contribution in [0.4, 0.5) is 11.6 Å². The van der Waals surface area contributed by atoms with Crippen molar-refractivity contribution in [2.75, 3.05) is 38.3 Å². The van der Waals surface area contributed by atoms with Crippen LogP contribution in [0.3, 0.4) is 0 Å². The van der Waals surface area contributed by atoms with Gasteiger partial charge in [-0.25, -0.2) is 14.5 Å². The molecule has 0 aromatic carbocycles. The van der Waals surface area contributed by atoms with E-state index in [2.05, 4.69) is 25.3 Å². The van der Waals surface area contributed by atoms with Gasteiger partial charge in [0, 0.05) is 18.9 Å². The Morgan fingerprint density at radius 3 is 2.80 bits per heavy atom. The minimum Gasteiger partial charge on any atom is -0.462 e. The lowest BCUT2D eigenvalue weighted by Gasteiger charge is -2.09. The van der Waals surface area contributed by atoms with E-state index in [1.807, 2.05) is 14.1 Å². The molecule has 3 N–H and O–H groups in total. The van der Waals surface area contributed by atoms with Gasteiger partial charge >= 0.3 is 5.97 Å². The number of hydrogen-bond acceptors (Lipinski definition) is 8. The normalized spacial score (nSPS) is 11.1. The molecule has 0 atom stereocenters. The van der Waals surface area contributed by atoms with Crippen molar-refractivity contribution < 1.29 is 14.3 Å². The number of esters is 1. The second-order valence-electron chi connectivity index (χ2n) is 6.94. The molecule has 0 aliphatic heterocycles. The Labute approximate surface area is 174 Å². The number of rotatable bonds is 8. The second kappa shape index (κ2) is 9.31. The van der Waals surface area contributed by atoms with Crippen molar-refractivity contribution >= 4 is 34.5 Å². The molecule has 30 heavy (non-hydrogen) atoms. The lowest BCUT2D eigenvalue weighted by atomic mass is 10.2. The highest BCUT2D eigenvalue weighted by molar-refractivity contribution is 6.08. The van der Waals surface area contributed by atoms with Crippen molar-refractivity contribution in [3.8, 4) is 0 Å². The first-order chi connectivity index (χ1) is 14.4. The molecule has 0 aliphatic rings. The molecule has 1 amide bonds. The quantitative estimate of drug-likeness (QED) is 0.537. The Hall–Kier alpha value is -3.53. The Balaban J connectivity index is 2.01. The number of nitrogen functional groups attached to an aromatic ring is 1. The summed E-state index contributed by atoms with van der Waals surface area (Å²) in [5.74, 6) is -0.589. The number of fused-ring (bicyclic) bond motifs is 1. The molecule has 0 saturated heterocycles. The van der Waals surface area contributed by atoms with E-state index < -0.39 is 5.97 Å². The number of amides is 1. The Kier molecular flexibility index (Phi) is 6.58. The average Bonchev–Trinajstić information content (AvgIpc) is 3.04. The minimum atomic E-state index is -0.575. The lowest BCUT2D eigenvalue weighted by molar-refractivity contribution is 0.0527. The van der Waals surface area contributed by atoms with E-state index in [-0.39, 0.29) is 23.9 Å². The zero-order valence-corrected chi connectivity index (χ0v) is 17.3. The van der Waals surface area contributed by atoms with Gasteiger partial charge in [-0.1, -0.05) is 0 Å². The number of aromatic nitrogens is 4. The molecular formula is C20H25N7O3. The molecule has 10 nitrogen and oxygen atoms in total. The maximum atomic E-state index is 12.6. The van der Waals surface area contributed by atoms with Crippen LogP contribution in [0, 0.1) is 0 Å². The van der Waals surface area contributed by atoms with Gasteiger partial charge < -0.3 is 20.7 Å². The van der Waals surface area contributed by atoms with Crippen LogP contribution in [0.1, 0.15) is 34.1 Å². The van der Waals surface area contributed by atoms with Gasteiger partial charge in [-0.15, -0.1) is 0 Å². The zero-order valence-electron chi connectivity index (χ0n) is 17.3. The van der Waals surface area contributed by atoms with Crippen LogP contribution in [0.5, 0.6) is 0 Å². The first-order valence-corrected chi connectivity index (χ1v) is 9.61. The van der Waals surface area contributed by atoms with Gasteiger partial charge in [-0.2, -0.15) is 5.10 Å². The Bertz CT molecular complexity index is 1050. The summed E-state index contributed by atoms with van der Waals surface area (Å²) in [6.45, 7) is 3.35. The van der Waals surface area contributed by atoms with Gasteiger partial charge in [-0.05, 0) is 52.2 Å². The van der Waals surface area contributed by atoms with Crippen molar-refractivity contribution in [2.45, 2.75) is 19.9 Å². The molecule has 3 aromatic heterocycles. The zero-order chi connectivity index (χ0) is 21.7. The van der Waals surface area contributed by atoms with Crippen molar-refractivity contribution in [3.63, 3.8) is 0 Å². The first-order valence-electron chi connectivity index (χ1n) is 9.61. The number of anilines is 2. The Morgan fingerprint density at radius 1 is 1.33 bits per heavy atom. The van der Waals surface area contributed by atoms with Gasteiger partial charge in [0.05, 0.1) is 17.6 Å². The van der Waals surface area contributed by atoms with Gasteiger partial charge in [0.15, 0.2) is 11.5 Å². The number of pyridine rings is 2. The van der Waals surface area contributed by atoms with Gasteiger partial charge in [0.25, 0.3) is 5.91 Å². The highest BCUT2D eigenvalue weighted by Gasteiger charge is 2.21. The fraction of sp³-hybridized carbons (Fsp3) is 0.350. The Morgan fingerprint density at radius 2 is 2.13 bits per heavy atom. The maximum absolute atomic E-state index is 12.6. The number of nitrogens with one attached hydrogen (secondary N) is 1. The number of ether oxygens (including phenoxy) is 1. The molecule has 3 aromatic rings. The summed E-state index contributed by atoms with van der Waals surface area (Å²) in [6, 6.07) is 4.89. The number of nitrogens with two attached hydrogens (primary N) is 1. The molecule has 0 saturated carbocycles. The van der Waals surface area contributed by atoms with Crippen LogP contribution in [-0.2, 0) is 11.3 Å². The van der Waals surface area contributed by atoms with Crippen LogP contribution in [0.15, 0.2) is 30.6 Å². The standard InChI is InChI=1S/C20H25N7O3/c1-4-30-20(29)14-11-15-17(24-19(28)13-7-5-8-22-12-13)25-27(10-6-9-26(2)3)18(15)23-16(14)21/h5,7-8,11-12H,4,6,9-10H2,1-3H3,(H2,21,23)(H,24,25,28). The number of carbonyl (C=O) groups excluding carboxylic acids is 2. The van der Waals surface area contributed by atoms with Crippen LogP contribution in [0.25, 0.3) is 11.0 Å². The second-order valence-corrected chi connectivity index (χ2v) is 6.94. The molecule has 3 rings (SSSR count). The molecule has 0 radical (unpaired) electrons. The lowest BCUT2D eigenvalue weighted by Crippen LogP contribution is -2.16. The molecule has 0 unspecified atom stereocenters. The predicted molar refractivity (Wildman–Crippen MR) is 113 cm³/mol. The SMILES string of the molecule is CCOC(=O)c1cc2c(NC(=O)c3cccnc3)nn(CCCN(C)C)c2nc1N. The molecule has 3 heterocycles. The molecule has 10 heteroatoms. The van der Waals surface area contributed by atoms with E-state index >= 15 is 0 Å². The van der Waals surface area contributed by atoms with Crippen LogP contribution < -0.4 is 11.1 Å². The van der Waals surface area contributed by atoms with E-state index in [0.29, 0.717) is 29.0 Å². The van der Waals surface area contributed by atoms with Crippen molar-refractivity contribution in [3.05, 3.63) is 41.7 Å². The van der Waals surface area contributed by atoms with Crippen molar-refractivity contribution in [1.29, 1.82) is 0 Å². The summed E-state index contributed by atoms with van der Waals surface area (Å²) in [5.41, 5.74) is 7.02. The van der Waals surface area contributed by atoms with Gasteiger partial charge in [-0.3, -0.25) is 9.78 Å². The number of hydrogen-bond donors (Lipinski definition) is 2. The van der Waals surface area contributed by atoms with Crippen LogP contribution in [0.2, 0.25) is 0 Å². The summed E-state index contributed by atoms with van der Waals surface area (Å²) < 4.78 is 6.74. The number of nitrogens with zero attached hydrogens (tertiary/aromatic N) is 5. The van der Waals surface area contributed by atoms with Crippen LogP contribution >= 0.6 is 0 Å². The number of carbonyl (C=O) groups is 2. The van der Waals surface area contributed by atoms with Crippen molar-refractivity contribution in [2.24, 2.45) is 0 Å². The third-order valence-corrected chi connectivity index (χ3v) is 4.38. The fourth-order valence-electron chi connectivity index (χ4n) is 2.94. The first kappa shape index (κ1) is 21.2. The third-order valence-electron chi connectivity index (χ3n) is 4.38. The summed E-state index contributed by atoms with van der Waals surface area (Å²) >= 11 is 0. The molecule has 0 aliphatic carbocycles. The minimum absolute atomic E-state index is 0.0554.